The van der Waals surface area contributed by atoms with Crippen molar-refractivity contribution in [2.24, 2.45) is 22.2 Å². The fraction of sp³-hybridized carbons (Fsp3) is 0.576. The molecule has 228 valence electrons. The van der Waals surface area contributed by atoms with Gasteiger partial charge in [0.25, 0.3) is 0 Å². The van der Waals surface area contributed by atoms with Crippen LogP contribution in [0.2, 0.25) is 0 Å². The topological polar surface area (TPSA) is 118 Å². The lowest BCUT2D eigenvalue weighted by Crippen LogP contribution is -2.46. The summed E-state index contributed by atoms with van der Waals surface area (Å²) in [6.45, 7) is 10.7. The minimum atomic E-state index is -1.27. The second-order valence-corrected chi connectivity index (χ2v) is 13.5. The van der Waals surface area contributed by atoms with Gasteiger partial charge in [0.05, 0.1) is 40.8 Å². The van der Waals surface area contributed by atoms with E-state index in [2.05, 4.69) is 4.98 Å². The highest BCUT2D eigenvalue weighted by Crippen LogP contribution is 2.34. The number of aliphatic hydroxyl groups excluding tert-OH is 2. The third kappa shape index (κ3) is 7.54. The summed E-state index contributed by atoms with van der Waals surface area (Å²) in [6.07, 6.45) is 1.02. The van der Waals surface area contributed by atoms with E-state index in [0.29, 0.717) is 18.7 Å². The van der Waals surface area contributed by atoms with Crippen LogP contribution in [0.3, 0.4) is 0 Å². The quantitative estimate of drug-likeness (QED) is 0.447. The number of fused-ring (bicyclic) bond motifs is 1. The van der Waals surface area contributed by atoms with E-state index in [1.807, 2.05) is 62.6 Å². The van der Waals surface area contributed by atoms with Crippen LogP contribution in [0.5, 0.6) is 0 Å². The molecule has 9 heteroatoms. The zero-order valence-electron chi connectivity index (χ0n) is 25.4. The molecular weight excluding hydrogens is 552 g/mol. The highest BCUT2D eigenvalue weighted by molar-refractivity contribution is 7.09. The van der Waals surface area contributed by atoms with Crippen molar-refractivity contribution in [3.8, 4) is 0 Å². The van der Waals surface area contributed by atoms with Crippen LogP contribution in [0.25, 0.3) is 6.08 Å². The van der Waals surface area contributed by atoms with Gasteiger partial charge in [0, 0.05) is 23.3 Å². The number of benzene rings is 1. The van der Waals surface area contributed by atoms with Crippen LogP contribution >= 0.6 is 11.3 Å². The Labute approximate surface area is 252 Å². The van der Waals surface area contributed by atoms with Gasteiger partial charge in [0.15, 0.2) is 0 Å². The van der Waals surface area contributed by atoms with Gasteiger partial charge in [-0.05, 0) is 56.4 Å². The summed E-state index contributed by atoms with van der Waals surface area (Å²) in [4.78, 5) is 36.2. The monoisotopic (exact) mass is 596 g/mol. The molecule has 2 N–H and O–H groups in total. The van der Waals surface area contributed by atoms with Crippen LogP contribution in [0.15, 0.2) is 46.3 Å². The first kappa shape index (κ1) is 32.0. The Morgan fingerprint density at radius 1 is 1.10 bits per heavy atom. The lowest BCUT2D eigenvalue weighted by Gasteiger charge is -2.34. The molecule has 1 aromatic carbocycles. The zero-order chi connectivity index (χ0) is 30.6. The van der Waals surface area contributed by atoms with Gasteiger partial charge in [-0.1, -0.05) is 52.3 Å². The summed E-state index contributed by atoms with van der Waals surface area (Å²) in [7, 11) is 0. The molecule has 0 aliphatic carbocycles. The lowest BCUT2D eigenvalue weighted by molar-refractivity contribution is -0.155. The molecule has 0 amide bonds. The maximum absolute atomic E-state index is 13.4. The smallest absolute Gasteiger partial charge is 0.309 e. The number of esters is 1. The van der Waals surface area contributed by atoms with E-state index in [1.165, 1.54) is 0 Å². The molecular formula is C33H44N2O6S. The van der Waals surface area contributed by atoms with Crippen molar-refractivity contribution in [2.75, 3.05) is 0 Å². The molecule has 2 aromatic rings. The average molecular weight is 597 g/mol. The van der Waals surface area contributed by atoms with Gasteiger partial charge in [-0.2, -0.15) is 0 Å². The standard InChI is InChI=1S/C33H44N2O6S/c1-19-11-10-14-25-27(41-32(35-25)23-12-8-7-9-13-23)16-26(20(2)15-24-18-42-22(4)34-24)40-29(37)17-28(36)33(5,6)31(39)21(3)30(19)38/h7-9,12-13,15,18-19,21,25-28,30,36,38H,10-11,14,16-17H2,1-6H3/b20-15+/t19-,21+,25?,26-,27-,28-,30-/m0/s1. The van der Waals surface area contributed by atoms with Crippen LogP contribution in [-0.4, -0.2) is 63.3 Å². The summed E-state index contributed by atoms with van der Waals surface area (Å²) in [5.41, 5.74) is 1.24. The molecule has 0 radical (unpaired) electrons. The summed E-state index contributed by atoms with van der Waals surface area (Å²) in [5.74, 6) is -1.15. The zero-order valence-corrected chi connectivity index (χ0v) is 26.3. The van der Waals surface area contributed by atoms with Crippen molar-refractivity contribution < 1.29 is 29.3 Å². The first-order chi connectivity index (χ1) is 19.9. The van der Waals surface area contributed by atoms with Gasteiger partial charge in [-0.3, -0.25) is 9.59 Å². The van der Waals surface area contributed by atoms with Gasteiger partial charge in [0.2, 0.25) is 5.90 Å². The summed E-state index contributed by atoms with van der Waals surface area (Å²) < 4.78 is 12.5. The molecule has 7 atom stereocenters. The largest absolute Gasteiger partial charge is 0.472 e. The predicted molar refractivity (Wildman–Crippen MR) is 164 cm³/mol. The molecule has 4 rings (SSSR count). The van der Waals surface area contributed by atoms with Crippen molar-refractivity contribution in [1.29, 1.82) is 0 Å². The fourth-order valence-electron chi connectivity index (χ4n) is 5.81. The number of aromatic nitrogens is 1. The third-order valence-corrected chi connectivity index (χ3v) is 9.52. The molecule has 1 aromatic heterocycles. The Morgan fingerprint density at radius 3 is 2.48 bits per heavy atom. The van der Waals surface area contributed by atoms with Crippen LogP contribution in [0.1, 0.15) is 83.0 Å². The van der Waals surface area contributed by atoms with Crippen LogP contribution in [-0.2, 0) is 19.1 Å². The molecule has 0 bridgehead atoms. The Kier molecular flexibility index (Phi) is 10.4. The number of thiazole rings is 1. The van der Waals surface area contributed by atoms with Gasteiger partial charge < -0.3 is 19.7 Å². The normalized spacial score (nSPS) is 31.6. The summed E-state index contributed by atoms with van der Waals surface area (Å²) in [6, 6.07) is 9.57. The number of hydrogen-bond donors (Lipinski definition) is 2. The van der Waals surface area contributed by atoms with Crippen molar-refractivity contribution in [2.45, 2.75) is 104 Å². The lowest BCUT2D eigenvalue weighted by atomic mass is 9.73. The molecule has 1 saturated heterocycles. The number of aliphatic imine (C=N–C) groups is 1. The Morgan fingerprint density at radius 2 is 1.81 bits per heavy atom. The summed E-state index contributed by atoms with van der Waals surface area (Å²) >= 11 is 1.54. The van der Waals surface area contributed by atoms with Crippen molar-refractivity contribution in [1.82, 2.24) is 4.98 Å². The maximum Gasteiger partial charge on any atom is 0.309 e. The van der Waals surface area contributed by atoms with E-state index < -0.39 is 35.6 Å². The number of nitrogens with zero attached hydrogens (tertiary/aromatic N) is 2. The highest BCUT2D eigenvalue weighted by Gasteiger charge is 2.43. The average Bonchev–Trinajstić information content (AvgIpc) is 3.56. The Hall–Kier alpha value is -2.88. The van der Waals surface area contributed by atoms with E-state index >= 15 is 0 Å². The number of Topliss-reactive ketones (excluding diaryl/α,β-unsaturated/α-hetero) is 1. The molecule has 3 heterocycles. The third-order valence-electron chi connectivity index (χ3n) is 8.73. The number of aryl methyl sites for hydroxylation is 1. The molecule has 1 fully saturated rings. The molecule has 2 aliphatic rings. The van der Waals surface area contributed by atoms with Crippen LogP contribution in [0, 0.1) is 24.2 Å². The van der Waals surface area contributed by atoms with E-state index in [-0.39, 0.29) is 30.3 Å². The Balaban J connectivity index is 1.67. The van der Waals surface area contributed by atoms with E-state index in [1.54, 1.807) is 32.1 Å². The minimum absolute atomic E-state index is 0.132. The first-order valence-corrected chi connectivity index (χ1v) is 15.7. The van der Waals surface area contributed by atoms with Crippen molar-refractivity contribution >= 4 is 35.1 Å². The van der Waals surface area contributed by atoms with E-state index in [4.69, 9.17) is 14.5 Å². The number of ether oxygens (including phenoxy) is 2. The number of carbonyl (C=O) groups is 2. The number of hydrogen-bond acceptors (Lipinski definition) is 9. The number of rotatable bonds is 3. The molecule has 42 heavy (non-hydrogen) atoms. The number of cyclic esters (lactones) is 1. The maximum atomic E-state index is 13.4. The molecule has 1 unspecified atom stereocenters. The SMILES string of the molecule is C/C(=C\c1csc(C)n1)[C@@H]1C[C@@H]2OC(c3ccccc3)=NC2CCC[C@H](C)[C@H](O)[C@@H](C)C(=O)C(C)(C)[C@@H](O)CC(=O)O1. The van der Waals surface area contributed by atoms with Gasteiger partial charge in [0.1, 0.15) is 18.0 Å². The Bertz CT molecular complexity index is 1300. The van der Waals surface area contributed by atoms with Crippen LogP contribution < -0.4 is 0 Å². The fourth-order valence-corrected chi connectivity index (χ4v) is 6.38. The predicted octanol–water partition coefficient (Wildman–Crippen LogP) is 5.53. The second kappa shape index (κ2) is 13.6. The van der Waals surface area contributed by atoms with Crippen LogP contribution in [0.4, 0.5) is 0 Å². The van der Waals surface area contributed by atoms with Crippen molar-refractivity contribution in [3.05, 3.63) is 57.6 Å². The molecule has 0 spiro atoms. The molecule has 0 saturated carbocycles. The van der Waals surface area contributed by atoms with Gasteiger partial charge in [-0.25, -0.2) is 9.98 Å². The molecule has 2 aliphatic heterocycles. The van der Waals surface area contributed by atoms with Gasteiger partial charge >= 0.3 is 5.97 Å². The minimum Gasteiger partial charge on any atom is -0.472 e. The second-order valence-electron chi connectivity index (χ2n) is 12.4. The van der Waals surface area contributed by atoms with Crippen molar-refractivity contribution in [3.63, 3.8) is 0 Å². The first-order valence-electron chi connectivity index (χ1n) is 14.9. The van der Waals surface area contributed by atoms with E-state index in [9.17, 15) is 19.8 Å². The van der Waals surface area contributed by atoms with E-state index in [0.717, 1.165) is 34.7 Å². The molecule has 8 nitrogen and oxygen atoms in total. The summed E-state index contributed by atoms with van der Waals surface area (Å²) in [5, 5.41) is 25.0. The van der Waals surface area contributed by atoms with Gasteiger partial charge in [-0.15, -0.1) is 11.3 Å². The number of aliphatic hydroxyl groups is 2. The highest BCUT2D eigenvalue weighted by atomic mass is 32.1. The number of carbonyl (C=O) groups excluding carboxylic acids is 2. The number of ketones is 1.